The first-order valence-electron chi connectivity index (χ1n) is 4.71. The fourth-order valence-electron chi connectivity index (χ4n) is 1.89. The molecule has 1 aliphatic rings. The molecule has 5 heteroatoms. The quantitative estimate of drug-likeness (QED) is 0.706. The van der Waals surface area contributed by atoms with Crippen LogP contribution in [0, 0.1) is 0 Å². The molecule has 0 radical (unpaired) electrons. The Morgan fingerprint density at radius 1 is 1.43 bits per heavy atom. The highest BCUT2D eigenvalue weighted by molar-refractivity contribution is 5.66. The number of aromatic nitrogens is 2. The standard InChI is InChI=1S/C9H12N2O3/c12-8(13)5-11-9(14)6-3-1-2-4-7(6)10-11/h10H,1-5H2,(H,12,13). The van der Waals surface area contributed by atoms with Gasteiger partial charge in [-0.25, -0.2) is 4.68 Å². The van der Waals surface area contributed by atoms with Crippen LogP contribution in [0.15, 0.2) is 4.79 Å². The monoisotopic (exact) mass is 196 g/mol. The van der Waals surface area contributed by atoms with E-state index in [1.54, 1.807) is 0 Å². The molecular weight excluding hydrogens is 184 g/mol. The fraction of sp³-hybridized carbons (Fsp3) is 0.556. The van der Waals surface area contributed by atoms with E-state index in [-0.39, 0.29) is 12.1 Å². The molecule has 2 rings (SSSR count). The number of hydrogen-bond acceptors (Lipinski definition) is 2. The summed E-state index contributed by atoms with van der Waals surface area (Å²) in [6.07, 6.45) is 3.72. The van der Waals surface area contributed by atoms with Crippen molar-refractivity contribution in [1.29, 1.82) is 0 Å². The van der Waals surface area contributed by atoms with Crippen molar-refractivity contribution in [2.45, 2.75) is 32.2 Å². The van der Waals surface area contributed by atoms with Gasteiger partial charge in [-0.05, 0) is 25.7 Å². The predicted molar refractivity (Wildman–Crippen MR) is 49.3 cm³/mol. The van der Waals surface area contributed by atoms with Crippen molar-refractivity contribution in [3.8, 4) is 0 Å². The number of carboxylic acids is 1. The number of aryl methyl sites for hydroxylation is 1. The second-order valence-corrected chi connectivity index (χ2v) is 3.56. The molecule has 1 aromatic rings. The minimum atomic E-state index is -0.995. The molecule has 1 aliphatic carbocycles. The lowest BCUT2D eigenvalue weighted by atomic mass is 9.98. The molecule has 14 heavy (non-hydrogen) atoms. The molecule has 1 aromatic heterocycles. The Bertz CT molecular complexity index is 416. The molecule has 76 valence electrons. The zero-order valence-corrected chi connectivity index (χ0v) is 7.75. The SMILES string of the molecule is O=C(O)Cn1[nH]c2c(c1=O)CCCC2. The molecule has 2 N–H and O–H groups in total. The number of rotatable bonds is 2. The Morgan fingerprint density at radius 2 is 2.14 bits per heavy atom. The maximum absolute atomic E-state index is 11.6. The normalized spacial score (nSPS) is 15.1. The largest absolute Gasteiger partial charge is 0.480 e. The van der Waals surface area contributed by atoms with Crippen LogP contribution in [0.1, 0.15) is 24.1 Å². The van der Waals surface area contributed by atoms with E-state index in [0.717, 1.165) is 36.9 Å². The van der Waals surface area contributed by atoms with Crippen molar-refractivity contribution in [2.75, 3.05) is 0 Å². The molecule has 0 unspecified atom stereocenters. The van der Waals surface area contributed by atoms with Crippen LogP contribution in [0.3, 0.4) is 0 Å². The van der Waals surface area contributed by atoms with Crippen molar-refractivity contribution in [2.24, 2.45) is 0 Å². The molecule has 0 saturated heterocycles. The lowest BCUT2D eigenvalue weighted by Crippen LogP contribution is -2.23. The summed E-state index contributed by atoms with van der Waals surface area (Å²) < 4.78 is 1.18. The van der Waals surface area contributed by atoms with E-state index in [1.165, 1.54) is 4.68 Å². The third kappa shape index (κ3) is 1.45. The average molecular weight is 196 g/mol. The number of fused-ring (bicyclic) bond motifs is 1. The Kier molecular flexibility index (Phi) is 2.15. The van der Waals surface area contributed by atoms with E-state index in [1.807, 2.05) is 0 Å². The molecule has 0 saturated carbocycles. The summed E-state index contributed by atoms with van der Waals surface area (Å²) in [7, 11) is 0. The molecule has 0 spiro atoms. The fourth-order valence-corrected chi connectivity index (χ4v) is 1.89. The van der Waals surface area contributed by atoms with Gasteiger partial charge in [0.1, 0.15) is 6.54 Å². The number of nitrogens with zero attached hydrogens (tertiary/aromatic N) is 1. The number of carboxylic acid groups (broad SMARTS) is 1. The lowest BCUT2D eigenvalue weighted by molar-refractivity contribution is -0.137. The van der Waals surface area contributed by atoms with Crippen molar-refractivity contribution in [3.05, 3.63) is 21.6 Å². The first kappa shape index (κ1) is 9.05. The summed E-state index contributed by atoms with van der Waals surface area (Å²) in [5.74, 6) is -0.995. The Hall–Kier alpha value is -1.52. The molecule has 0 aromatic carbocycles. The van der Waals surface area contributed by atoms with Crippen molar-refractivity contribution < 1.29 is 9.90 Å². The first-order valence-corrected chi connectivity index (χ1v) is 4.71. The van der Waals surface area contributed by atoms with Crippen molar-refractivity contribution >= 4 is 5.97 Å². The molecule has 0 bridgehead atoms. The van der Waals surface area contributed by atoms with Gasteiger partial charge in [0.15, 0.2) is 0 Å². The molecule has 1 heterocycles. The number of aromatic amines is 1. The van der Waals surface area contributed by atoms with Gasteiger partial charge < -0.3 is 5.11 Å². The minimum absolute atomic E-state index is 0.165. The first-order chi connectivity index (χ1) is 6.68. The van der Waals surface area contributed by atoms with Crippen LogP contribution in [0.2, 0.25) is 0 Å². The topological polar surface area (TPSA) is 75.1 Å². The smallest absolute Gasteiger partial charge is 0.325 e. The van der Waals surface area contributed by atoms with Crippen LogP contribution in [0.4, 0.5) is 0 Å². The van der Waals surface area contributed by atoms with Gasteiger partial charge >= 0.3 is 5.97 Å². The Labute approximate surface area is 80.3 Å². The predicted octanol–water partition coefficient (Wildman–Crippen LogP) is 0.140. The van der Waals surface area contributed by atoms with Crippen LogP contribution in [0.25, 0.3) is 0 Å². The van der Waals surface area contributed by atoms with E-state index in [0.29, 0.717) is 0 Å². The Balaban J connectivity index is 2.38. The highest BCUT2D eigenvalue weighted by atomic mass is 16.4. The second kappa shape index (κ2) is 3.32. The summed E-state index contributed by atoms with van der Waals surface area (Å²) in [6, 6.07) is 0. The summed E-state index contributed by atoms with van der Waals surface area (Å²) in [5.41, 5.74) is 1.53. The van der Waals surface area contributed by atoms with E-state index in [2.05, 4.69) is 5.10 Å². The summed E-state index contributed by atoms with van der Waals surface area (Å²) in [4.78, 5) is 22.1. The second-order valence-electron chi connectivity index (χ2n) is 3.56. The zero-order chi connectivity index (χ0) is 10.1. The summed E-state index contributed by atoms with van der Waals surface area (Å²) >= 11 is 0. The average Bonchev–Trinajstić information content (AvgIpc) is 2.44. The van der Waals surface area contributed by atoms with Crippen LogP contribution >= 0.6 is 0 Å². The molecule has 0 atom stereocenters. The number of aliphatic carboxylic acids is 1. The van der Waals surface area contributed by atoms with Crippen molar-refractivity contribution in [1.82, 2.24) is 9.78 Å². The summed E-state index contributed by atoms with van der Waals surface area (Å²) in [6.45, 7) is -0.272. The van der Waals surface area contributed by atoms with Crippen LogP contribution in [-0.4, -0.2) is 20.9 Å². The highest BCUT2D eigenvalue weighted by Gasteiger charge is 2.18. The summed E-state index contributed by atoms with van der Waals surface area (Å²) in [5, 5.41) is 11.4. The number of hydrogen-bond donors (Lipinski definition) is 2. The lowest BCUT2D eigenvalue weighted by Gasteiger charge is -2.07. The maximum atomic E-state index is 11.6. The van der Waals surface area contributed by atoms with E-state index < -0.39 is 5.97 Å². The van der Waals surface area contributed by atoms with Gasteiger partial charge in [0.05, 0.1) is 0 Å². The third-order valence-corrected chi connectivity index (χ3v) is 2.53. The number of H-pyrrole nitrogens is 1. The van der Waals surface area contributed by atoms with Gasteiger partial charge in [-0.2, -0.15) is 0 Å². The van der Waals surface area contributed by atoms with E-state index in [4.69, 9.17) is 5.11 Å². The van der Waals surface area contributed by atoms with E-state index in [9.17, 15) is 9.59 Å². The van der Waals surface area contributed by atoms with Gasteiger partial charge in [0.2, 0.25) is 0 Å². The van der Waals surface area contributed by atoms with Gasteiger partial charge in [0, 0.05) is 11.3 Å². The molecule has 0 aliphatic heterocycles. The van der Waals surface area contributed by atoms with Gasteiger partial charge in [-0.15, -0.1) is 0 Å². The van der Waals surface area contributed by atoms with Gasteiger partial charge in [-0.1, -0.05) is 0 Å². The minimum Gasteiger partial charge on any atom is -0.480 e. The molecule has 0 fully saturated rings. The number of carbonyl (C=O) groups is 1. The van der Waals surface area contributed by atoms with Crippen molar-refractivity contribution in [3.63, 3.8) is 0 Å². The molecule has 5 nitrogen and oxygen atoms in total. The van der Waals surface area contributed by atoms with E-state index >= 15 is 0 Å². The van der Waals surface area contributed by atoms with Crippen LogP contribution in [-0.2, 0) is 24.2 Å². The molecule has 0 amide bonds. The Morgan fingerprint density at radius 3 is 2.79 bits per heavy atom. The highest BCUT2D eigenvalue weighted by Crippen LogP contribution is 2.15. The van der Waals surface area contributed by atoms with Gasteiger partial charge in [-0.3, -0.25) is 14.7 Å². The zero-order valence-electron chi connectivity index (χ0n) is 7.75. The third-order valence-electron chi connectivity index (χ3n) is 2.53. The van der Waals surface area contributed by atoms with Crippen LogP contribution < -0.4 is 5.56 Å². The van der Waals surface area contributed by atoms with Gasteiger partial charge in [0.25, 0.3) is 5.56 Å². The number of nitrogens with one attached hydrogen (secondary N) is 1. The maximum Gasteiger partial charge on any atom is 0.325 e. The molecular formula is C9H12N2O3. The van der Waals surface area contributed by atoms with Crippen LogP contribution in [0.5, 0.6) is 0 Å².